The molecular formula is C24H20N4O4. The number of hydrogen-bond acceptors (Lipinski definition) is 6. The number of phenols is 1. The van der Waals surface area contributed by atoms with Crippen LogP contribution in [0.3, 0.4) is 0 Å². The minimum absolute atomic E-state index is 0.136. The van der Waals surface area contributed by atoms with Crippen LogP contribution in [0.2, 0.25) is 0 Å². The third-order valence-electron chi connectivity index (χ3n) is 5.17. The topological polar surface area (TPSA) is 109 Å². The molecule has 32 heavy (non-hydrogen) atoms. The van der Waals surface area contributed by atoms with Crippen molar-refractivity contribution in [2.45, 2.75) is 13.8 Å². The molecule has 4 rings (SSSR count). The zero-order valence-electron chi connectivity index (χ0n) is 17.4. The number of nitrogens with one attached hydrogen (secondary N) is 1. The van der Waals surface area contributed by atoms with Crippen molar-refractivity contribution in [3.05, 3.63) is 105 Å². The molecule has 2 heterocycles. The van der Waals surface area contributed by atoms with Crippen molar-refractivity contribution in [1.29, 1.82) is 0 Å². The SMILES string of the molecule is C/C(=N\Nc1ccc(C(=O)c2c(C)cc3ccccn23)cc1[N+](=O)[O-])c1ccc(O)cc1. The van der Waals surface area contributed by atoms with Crippen molar-refractivity contribution in [1.82, 2.24) is 4.40 Å². The van der Waals surface area contributed by atoms with Gasteiger partial charge in [0.25, 0.3) is 5.69 Å². The Hall–Kier alpha value is -4.46. The van der Waals surface area contributed by atoms with Gasteiger partial charge in [-0.15, -0.1) is 0 Å². The first-order chi connectivity index (χ1) is 15.3. The summed E-state index contributed by atoms with van der Waals surface area (Å²) in [6.45, 7) is 3.58. The lowest BCUT2D eigenvalue weighted by Gasteiger charge is -2.08. The highest BCUT2D eigenvalue weighted by atomic mass is 16.6. The third-order valence-corrected chi connectivity index (χ3v) is 5.17. The van der Waals surface area contributed by atoms with Gasteiger partial charge in [0.2, 0.25) is 5.78 Å². The van der Waals surface area contributed by atoms with E-state index >= 15 is 0 Å². The van der Waals surface area contributed by atoms with Gasteiger partial charge >= 0.3 is 0 Å². The summed E-state index contributed by atoms with van der Waals surface area (Å²) in [5, 5.41) is 25.3. The summed E-state index contributed by atoms with van der Waals surface area (Å²) in [7, 11) is 0. The minimum Gasteiger partial charge on any atom is -0.508 e. The van der Waals surface area contributed by atoms with Crippen molar-refractivity contribution in [2.24, 2.45) is 5.10 Å². The Labute approximate surface area is 183 Å². The molecule has 0 saturated carbocycles. The van der Waals surface area contributed by atoms with Gasteiger partial charge in [0.1, 0.15) is 11.4 Å². The molecule has 0 atom stereocenters. The number of carbonyl (C=O) groups is 1. The summed E-state index contributed by atoms with van der Waals surface area (Å²) in [6, 6.07) is 18.2. The molecule has 0 fully saturated rings. The second kappa shape index (κ2) is 8.35. The summed E-state index contributed by atoms with van der Waals surface area (Å²) in [4.78, 5) is 24.3. The van der Waals surface area contributed by atoms with Crippen LogP contribution in [0.1, 0.15) is 34.1 Å². The fourth-order valence-corrected chi connectivity index (χ4v) is 3.51. The number of fused-ring (bicyclic) bond motifs is 1. The van der Waals surface area contributed by atoms with Crippen molar-refractivity contribution in [3.63, 3.8) is 0 Å². The van der Waals surface area contributed by atoms with Gasteiger partial charge in [-0.1, -0.05) is 6.07 Å². The Morgan fingerprint density at radius 2 is 1.78 bits per heavy atom. The first-order valence-electron chi connectivity index (χ1n) is 9.84. The zero-order chi connectivity index (χ0) is 22.8. The van der Waals surface area contributed by atoms with E-state index in [9.17, 15) is 20.0 Å². The van der Waals surface area contributed by atoms with E-state index in [1.165, 1.54) is 24.3 Å². The minimum atomic E-state index is -0.548. The van der Waals surface area contributed by atoms with E-state index < -0.39 is 4.92 Å². The molecule has 0 saturated heterocycles. The standard InChI is InChI=1S/C24H20N4O4/c1-15-13-19-5-3-4-12-27(19)23(15)24(30)18-8-11-21(22(14-18)28(31)32)26-25-16(2)17-6-9-20(29)10-7-17/h3-14,26,29H,1-2H3/b25-16+. The molecule has 0 spiro atoms. The first-order valence-corrected chi connectivity index (χ1v) is 9.84. The maximum Gasteiger partial charge on any atom is 0.294 e. The molecule has 2 N–H and O–H groups in total. The summed E-state index contributed by atoms with van der Waals surface area (Å²) in [5.41, 5.74) is 6.31. The lowest BCUT2D eigenvalue weighted by atomic mass is 10.0. The van der Waals surface area contributed by atoms with E-state index in [2.05, 4.69) is 10.5 Å². The Bertz CT molecular complexity index is 1370. The molecule has 4 aromatic rings. The van der Waals surface area contributed by atoms with Crippen LogP contribution in [0.4, 0.5) is 11.4 Å². The van der Waals surface area contributed by atoms with Crippen LogP contribution >= 0.6 is 0 Å². The van der Waals surface area contributed by atoms with E-state index in [-0.39, 0.29) is 28.5 Å². The average Bonchev–Trinajstić information content (AvgIpc) is 3.12. The monoisotopic (exact) mass is 428 g/mol. The first kappa shape index (κ1) is 20.8. The van der Waals surface area contributed by atoms with Gasteiger partial charge in [-0.2, -0.15) is 5.10 Å². The fraction of sp³-hybridized carbons (Fsp3) is 0.0833. The molecule has 0 aliphatic rings. The van der Waals surface area contributed by atoms with Crippen molar-refractivity contribution in [2.75, 3.05) is 5.43 Å². The maximum absolute atomic E-state index is 13.2. The normalized spacial score (nSPS) is 11.5. The number of ketones is 1. The van der Waals surface area contributed by atoms with Gasteiger partial charge < -0.3 is 9.51 Å². The summed E-state index contributed by atoms with van der Waals surface area (Å²) >= 11 is 0. The Balaban J connectivity index is 1.66. The number of nitro benzene ring substituents is 1. The van der Waals surface area contributed by atoms with Crippen LogP contribution < -0.4 is 5.43 Å². The van der Waals surface area contributed by atoms with Gasteiger partial charge in [-0.05, 0) is 79.6 Å². The number of anilines is 1. The second-order valence-corrected chi connectivity index (χ2v) is 7.35. The molecule has 8 nitrogen and oxygen atoms in total. The number of aryl methyl sites for hydroxylation is 1. The number of nitro groups is 1. The highest BCUT2D eigenvalue weighted by molar-refractivity contribution is 6.10. The number of aromatic hydroxyl groups is 1. The molecular weight excluding hydrogens is 408 g/mol. The predicted molar refractivity (Wildman–Crippen MR) is 123 cm³/mol. The van der Waals surface area contributed by atoms with E-state index in [1.807, 2.05) is 31.2 Å². The van der Waals surface area contributed by atoms with Gasteiger partial charge in [0.15, 0.2) is 0 Å². The molecule has 0 unspecified atom stereocenters. The number of hydrogen-bond donors (Lipinski definition) is 2. The van der Waals surface area contributed by atoms with Crippen LogP contribution in [0.25, 0.3) is 5.52 Å². The lowest BCUT2D eigenvalue weighted by Crippen LogP contribution is -2.08. The maximum atomic E-state index is 13.2. The largest absolute Gasteiger partial charge is 0.508 e. The Morgan fingerprint density at radius 3 is 2.50 bits per heavy atom. The highest BCUT2D eigenvalue weighted by Crippen LogP contribution is 2.28. The van der Waals surface area contributed by atoms with Crippen molar-refractivity contribution in [3.8, 4) is 5.75 Å². The van der Waals surface area contributed by atoms with E-state index in [0.29, 0.717) is 11.4 Å². The number of carbonyl (C=O) groups excluding carboxylic acids is 1. The van der Waals surface area contributed by atoms with E-state index in [0.717, 1.165) is 16.6 Å². The summed E-state index contributed by atoms with van der Waals surface area (Å²) in [6.07, 6.45) is 1.79. The van der Waals surface area contributed by atoms with Gasteiger partial charge in [-0.25, -0.2) is 0 Å². The number of pyridine rings is 1. The number of aromatic nitrogens is 1. The number of nitrogens with zero attached hydrogens (tertiary/aromatic N) is 3. The molecule has 0 aliphatic carbocycles. The van der Waals surface area contributed by atoms with Gasteiger partial charge in [-0.3, -0.25) is 20.3 Å². The number of hydrazone groups is 1. The van der Waals surface area contributed by atoms with Crippen LogP contribution in [0.5, 0.6) is 5.75 Å². The lowest BCUT2D eigenvalue weighted by molar-refractivity contribution is -0.384. The molecule has 0 amide bonds. The summed E-state index contributed by atoms with van der Waals surface area (Å²) in [5.74, 6) is -0.163. The van der Waals surface area contributed by atoms with Crippen molar-refractivity contribution >= 4 is 28.4 Å². The predicted octanol–water partition coefficient (Wildman–Crippen LogP) is 4.93. The number of benzene rings is 2. The van der Waals surface area contributed by atoms with E-state index in [1.54, 1.807) is 35.7 Å². The van der Waals surface area contributed by atoms with Crippen LogP contribution in [-0.2, 0) is 0 Å². The van der Waals surface area contributed by atoms with Crippen molar-refractivity contribution < 1.29 is 14.8 Å². The van der Waals surface area contributed by atoms with Crippen LogP contribution in [0.15, 0.2) is 78.0 Å². The summed E-state index contributed by atoms with van der Waals surface area (Å²) < 4.78 is 1.78. The molecule has 2 aromatic heterocycles. The zero-order valence-corrected chi connectivity index (χ0v) is 17.4. The number of rotatable bonds is 6. The van der Waals surface area contributed by atoms with Gasteiger partial charge in [0.05, 0.1) is 16.3 Å². The molecule has 0 aliphatic heterocycles. The quantitative estimate of drug-likeness (QED) is 0.196. The molecule has 160 valence electrons. The smallest absolute Gasteiger partial charge is 0.294 e. The molecule has 8 heteroatoms. The van der Waals surface area contributed by atoms with Crippen LogP contribution in [-0.4, -0.2) is 25.9 Å². The Kier molecular flexibility index (Phi) is 5.43. The third kappa shape index (κ3) is 3.93. The average molecular weight is 428 g/mol. The highest BCUT2D eigenvalue weighted by Gasteiger charge is 2.21. The molecule has 2 aromatic carbocycles. The van der Waals surface area contributed by atoms with Gasteiger partial charge in [0, 0.05) is 23.3 Å². The molecule has 0 radical (unpaired) electrons. The Morgan fingerprint density at radius 1 is 1.06 bits per heavy atom. The van der Waals surface area contributed by atoms with E-state index in [4.69, 9.17) is 0 Å². The number of phenolic OH excluding ortho intramolecular Hbond substituents is 1. The van der Waals surface area contributed by atoms with Crippen LogP contribution in [0, 0.1) is 17.0 Å². The molecule has 0 bridgehead atoms. The fourth-order valence-electron chi connectivity index (χ4n) is 3.51. The second-order valence-electron chi connectivity index (χ2n) is 7.35.